The highest BCUT2D eigenvalue weighted by Gasteiger charge is 2.27. The van der Waals surface area contributed by atoms with Gasteiger partial charge in [-0.2, -0.15) is 0 Å². The van der Waals surface area contributed by atoms with Gasteiger partial charge < -0.3 is 22.5 Å². The molecule has 96 heavy (non-hydrogen) atoms. The van der Waals surface area contributed by atoms with Crippen LogP contribution in [-0.4, -0.2) is 28.2 Å². The van der Waals surface area contributed by atoms with Crippen LogP contribution in [0.25, 0.3) is 209 Å². The SMILES string of the molecule is c1ccc(-n2c3ccccc3c3c2ccc2c4cc5c(cc4n(-c4nc(-c6ccc(-c7cccc8cc(-n9c%10ccccc%10c%10c9ccc9c%11cc%12c(cc%11n(-c%11ccccc%11)c9%10)oc9ccccc9%12)c9ccccc9c78)cc6)c6ccccc6n4)c23)oc2ccccc25)cc1. The summed E-state index contributed by atoms with van der Waals surface area (Å²) in [5.41, 5.74) is 20.5. The zero-order chi connectivity index (χ0) is 62.4. The standard InChI is InChI=1S/C88H50N6O2/c1-3-21-54(22-4-1)91-71-34-15-10-30-64(71)83-73(91)44-42-62-67-48-69-59-27-13-18-37-79(59)96-81(69)50-77(67)94(87(62)83)88-89-70-33-14-9-29-63(70)85(90-88)52-40-38-51(39-41-52)56-32-19-20-53-46-75(57-25-7-8-28-60(57)82(53)56)93-72-35-16-11-31-65(72)84-74(93)45-43-61-66-47-68-58-26-12-17-36-78(58)95-80(68)49-76(66)92(86(61)84)55-23-5-2-6-24-55/h1-50H. The molecule has 0 radical (unpaired) electrons. The molecule has 0 N–H and O–H groups in total. The molecule has 444 valence electrons. The van der Waals surface area contributed by atoms with Crippen LogP contribution in [0.15, 0.2) is 312 Å². The molecular formula is C88H50N6O2. The van der Waals surface area contributed by atoms with Crippen LogP contribution in [0.4, 0.5) is 0 Å². The van der Waals surface area contributed by atoms with Gasteiger partial charge >= 0.3 is 0 Å². The van der Waals surface area contributed by atoms with Crippen molar-refractivity contribution in [3.63, 3.8) is 0 Å². The largest absolute Gasteiger partial charge is 0.456 e. The summed E-state index contributed by atoms with van der Waals surface area (Å²) in [7, 11) is 0. The summed E-state index contributed by atoms with van der Waals surface area (Å²) < 4.78 is 22.9. The lowest BCUT2D eigenvalue weighted by molar-refractivity contribution is 0.669. The van der Waals surface area contributed by atoms with Gasteiger partial charge in [-0.05, 0) is 112 Å². The summed E-state index contributed by atoms with van der Waals surface area (Å²) in [6.45, 7) is 0. The molecule has 15 aromatic carbocycles. The number of furan rings is 2. The Hall–Kier alpha value is -13.0. The maximum Gasteiger partial charge on any atom is 0.235 e. The van der Waals surface area contributed by atoms with Crippen molar-refractivity contribution in [2.45, 2.75) is 0 Å². The van der Waals surface area contributed by atoms with Crippen molar-refractivity contribution >= 4 is 164 Å². The Labute approximate surface area is 546 Å². The number of fused-ring (bicyclic) bond motifs is 24. The van der Waals surface area contributed by atoms with Crippen LogP contribution in [0.5, 0.6) is 0 Å². The highest BCUT2D eigenvalue weighted by molar-refractivity contribution is 6.30. The predicted molar refractivity (Wildman–Crippen MR) is 397 cm³/mol. The zero-order valence-electron chi connectivity index (χ0n) is 51.4. The first-order valence-corrected chi connectivity index (χ1v) is 32.7. The minimum atomic E-state index is 0.583. The van der Waals surface area contributed by atoms with E-state index in [9.17, 15) is 0 Å². The fourth-order valence-corrected chi connectivity index (χ4v) is 16.5. The monoisotopic (exact) mass is 1220 g/mol. The van der Waals surface area contributed by atoms with E-state index in [0.29, 0.717) is 5.95 Å². The van der Waals surface area contributed by atoms with E-state index in [-0.39, 0.29) is 0 Å². The van der Waals surface area contributed by atoms with Crippen molar-refractivity contribution in [2.75, 3.05) is 0 Å². The number of nitrogens with zero attached hydrogens (tertiary/aromatic N) is 6. The molecule has 0 bridgehead atoms. The van der Waals surface area contributed by atoms with Crippen LogP contribution >= 0.6 is 0 Å². The lowest BCUT2D eigenvalue weighted by Crippen LogP contribution is -2.04. The Balaban J connectivity index is 0.728. The number of aromatic nitrogens is 6. The van der Waals surface area contributed by atoms with E-state index in [1.165, 1.54) is 43.2 Å². The molecule has 0 atom stereocenters. The molecule has 8 nitrogen and oxygen atoms in total. The van der Waals surface area contributed by atoms with E-state index >= 15 is 0 Å². The Bertz CT molecular complexity index is 7120. The van der Waals surface area contributed by atoms with Gasteiger partial charge in [0.1, 0.15) is 22.3 Å². The lowest BCUT2D eigenvalue weighted by Gasteiger charge is -2.17. The Morgan fingerprint density at radius 1 is 0.250 bits per heavy atom. The lowest BCUT2D eigenvalue weighted by atomic mass is 9.92. The van der Waals surface area contributed by atoms with Gasteiger partial charge in [0.15, 0.2) is 0 Å². The molecule has 8 heteroatoms. The number of rotatable bonds is 6. The van der Waals surface area contributed by atoms with Gasteiger partial charge in [-0.15, -0.1) is 0 Å². The van der Waals surface area contributed by atoms with E-state index in [1.54, 1.807) is 0 Å². The summed E-state index contributed by atoms with van der Waals surface area (Å²) in [4.78, 5) is 11.3. The molecule has 0 amide bonds. The van der Waals surface area contributed by atoms with Crippen molar-refractivity contribution in [1.82, 2.24) is 28.2 Å². The Kier molecular flexibility index (Phi) is 10.4. The molecule has 22 aromatic rings. The third-order valence-corrected chi connectivity index (χ3v) is 20.5. The highest BCUT2D eigenvalue weighted by Crippen LogP contribution is 2.49. The van der Waals surface area contributed by atoms with Gasteiger partial charge in [0, 0.05) is 104 Å². The number of hydrogen-bond donors (Lipinski definition) is 0. The molecule has 7 heterocycles. The van der Waals surface area contributed by atoms with Gasteiger partial charge in [-0.1, -0.05) is 206 Å². The fraction of sp³-hybridized carbons (Fsp3) is 0. The summed E-state index contributed by atoms with van der Waals surface area (Å²) in [5.74, 6) is 0.583. The molecule has 0 saturated heterocycles. The Morgan fingerprint density at radius 3 is 1.40 bits per heavy atom. The first kappa shape index (κ1) is 51.6. The normalized spacial score (nSPS) is 12.4. The van der Waals surface area contributed by atoms with Crippen LogP contribution in [0.1, 0.15) is 0 Å². The topological polar surface area (TPSA) is 71.8 Å². The van der Waals surface area contributed by atoms with Crippen LogP contribution in [-0.2, 0) is 0 Å². The first-order chi connectivity index (χ1) is 47.6. The smallest absolute Gasteiger partial charge is 0.235 e. The van der Waals surface area contributed by atoms with Crippen LogP contribution in [0.2, 0.25) is 0 Å². The molecular weight excluding hydrogens is 1170 g/mol. The predicted octanol–water partition coefficient (Wildman–Crippen LogP) is 23.5. The minimum Gasteiger partial charge on any atom is -0.456 e. The van der Waals surface area contributed by atoms with Crippen molar-refractivity contribution in [3.05, 3.63) is 303 Å². The third kappa shape index (κ3) is 7.05. The van der Waals surface area contributed by atoms with Crippen molar-refractivity contribution < 1.29 is 8.83 Å². The minimum absolute atomic E-state index is 0.583. The molecule has 0 unspecified atom stereocenters. The summed E-state index contributed by atoms with van der Waals surface area (Å²) >= 11 is 0. The van der Waals surface area contributed by atoms with Gasteiger partial charge in [-0.25, -0.2) is 9.97 Å². The van der Waals surface area contributed by atoms with Gasteiger partial charge in [0.2, 0.25) is 5.95 Å². The van der Waals surface area contributed by atoms with E-state index in [2.05, 4.69) is 303 Å². The molecule has 7 aromatic heterocycles. The summed E-state index contributed by atoms with van der Waals surface area (Å²) in [6, 6.07) is 110. The average molecular weight is 1220 g/mol. The first-order valence-electron chi connectivity index (χ1n) is 32.7. The zero-order valence-corrected chi connectivity index (χ0v) is 51.4. The highest BCUT2D eigenvalue weighted by atomic mass is 16.3. The van der Waals surface area contributed by atoms with E-state index in [4.69, 9.17) is 18.8 Å². The van der Waals surface area contributed by atoms with E-state index in [0.717, 1.165) is 160 Å². The van der Waals surface area contributed by atoms with Crippen LogP contribution in [0, 0.1) is 0 Å². The second-order valence-electron chi connectivity index (χ2n) is 25.5. The average Bonchev–Trinajstić information content (AvgIpc) is 1.55. The summed E-state index contributed by atoms with van der Waals surface area (Å²) in [6.07, 6.45) is 0. The second-order valence-corrected chi connectivity index (χ2v) is 25.5. The third-order valence-electron chi connectivity index (χ3n) is 20.5. The van der Waals surface area contributed by atoms with Crippen molar-refractivity contribution in [2.24, 2.45) is 0 Å². The molecule has 0 spiro atoms. The van der Waals surface area contributed by atoms with E-state index in [1.807, 2.05) is 18.2 Å². The number of benzene rings is 15. The molecule has 0 aliphatic carbocycles. The molecule has 0 saturated carbocycles. The van der Waals surface area contributed by atoms with Crippen molar-refractivity contribution in [3.8, 4) is 45.4 Å². The quantitative estimate of drug-likeness (QED) is 0.156. The van der Waals surface area contributed by atoms with Gasteiger partial charge in [-0.3, -0.25) is 4.57 Å². The second kappa shape index (κ2) is 19.3. The van der Waals surface area contributed by atoms with Crippen molar-refractivity contribution in [1.29, 1.82) is 0 Å². The number of para-hydroxylation sites is 7. The van der Waals surface area contributed by atoms with Crippen LogP contribution < -0.4 is 0 Å². The van der Waals surface area contributed by atoms with Gasteiger partial charge in [0.25, 0.3) is 0 Å². The van der Waals surface area contributed by atoms with Crippen LogP contribution in [0.3, 0.4) is 0 Å². The van der Waals surface area contributed by atoms with E-state index < -0.39 is 0 Å². The molecule has 0 aliphatic rings. The summed E-state index contributed by atoms with van der Waals surface area (Å²) in [5, 5.41) is 19.4. The number of hydrogen-bond acceptors (Lipinski definition) is 4. The maximum atomic E-state index is 6.67. The fourth-order valence-electron chi connectivity index (χ4n) is 16.5. The maximum absolute atomic E-state index is 6.67. The molecule has 0 fully saturated rings. The molecule has 22 rings (SSSR count). The van der Waals surface area contributed by atoms with Gasteiger partial charge in [0.05, 0.1) is 61.0 Å². The molecule has 0 aliphatic heterocycles. The Morgan fingerprint density at radius 2 is 0.750 bits per heavy atom.